The van der Waals surface area contributed by atoms with E-state index in [1.807, 2.05) is 0 Å². The lowest BCUT2D eigenvalue weighted by atomic mass is 9.84. The summed E-state index contributed by atoms with van der Waals surface area (Å²) in [7, 11) is 0. The number of fused-ring (bicyclic) bond motifs is 5. The smallest absolute Gasteiger partial charge is 0.0541 e. The molecule has 0 amide bonds. The van der Waals surface area contributed by atoms with E-state index in [0.717, 1.165) is 6.42 Å². The van der Waals surface area contributed by atoms with Crippen LogP contribution >= 0.6 is 0 Å². The zero-order valence-corrected chi connectivity index (χ0v) is 36.7. The SMILES string of the molecule is Cc1cc(C)cc(C2=CCC(c3ccc(-c4c5ccccc5c(-c5ccc(-c6ccc(-c7ccc8c(c7)c7ccccc7n8-c7ccccc7)cc6)cc5)c5ccccc45)cc3)C=C2)c1. The van der Waals surface area contributed by atoms with Gasteiger partial charge in [-0.1, -0.05) is 211 Å². The molecule has 1 atom stereocenters. The number of aromatic nitrogens is 1. The molecule has 0 bridgehead atoms. The summed E-state index contributed by atoms with van der Waals surface area (Å²) in [6.07, 6.45) is 8.11. The lowest BCUT2D eigenvalue weighted by Crippen LogP contribution is -1.99. The lowest BCUT2D eigenvalue weighted by molar-refractivity contribution is 0.857. The number of aryl methyl sites for hydroxylation is 2. The molecule has 11 aromatic rings. The van der Waals surface area contributed by atoms with Crippen molar-refractivity contribution >= 4 is 48.9 Å². The average Bonchev–Trinajstić information content (AvgIpc) is 3.69. The summed E-state index contributed by atoms with van der Waals surface area (Å²) in [5, 5.41) is 7.62. The molecule has 0 aliphatic heterocycles. The fraction of sp³-hybridized carbons (Fsp3) is 0.0625. The summed E-state index contributed by atoms with van der Waals surface area (Å²) >= 11 is 0. The van der Waals surface area contributed by atoms with Crippen LogP contribution in [-0.2, 0) is 0 Å². The molecular weight excluding hydrogens is 783 g/mol. The predicted molar refractivity (Wildman–Crippen MR) is 278 cm³/mol. The van der Waals surface area contributed by atoms with Crippen LogP contribution in [0.2, 0.25) is 0 Å². The number of hydrogen-bond acceptors (Lipinski definition) is 0. The van der Waals surface area contributed by atoms with Gasteiger partial charge in [0.1, 0.15) is 0 Å². The summed E-state index contributed by atoms with van der Waals surface area (Å²) in [6, 6.07) is 78.6. The fourth-order valence-corrected chi connectivity index (χ4v) is 10.6. The molecule has 1 heteroatoms. The van der Waals surface area contributed by atoms with Crippen LogP contribution in [-0.4, -0.2) is 4.57 Å². The first-order valence-electron chi connectivity index (χ1n) is 22.8. The molecule has 10 aromatic carbocycles. The van der Waals surface area contributed by atoms with E-state index in [0.29, 0.717) is 5.92 Å². The second-order valence-corrected chi connectivity index (χ2v) is 17.8. The minimum Gasteiger partial charge on any atom is -0.309 e. The maximum Gasteiger partial charge on any atom is 0.0541 e. The summed E-state index contributed by atoms with van der Waals surface area (Å²) in [5.74, 6) is 0.367. The molecule has 1 heterocycles. The van der Waals surface area contributed by atoms with E-state index in [9.17, 15) is 0 Å². The molecule has 1 aliphatic rings. The van der Waals surface area contributed by atoms with Gasteiger partial charge >= 0.3 is 0 Å². The second-order valence-electron chi connectivity index (χ2n) is 17.8. The van der Waals surface area contributed by atoms with Gasteiger partial charge in [-0.05, 0) is 133 Å². The molecule has 1 aliphatic carbocycles. The van der Waals surface area contributed by atoms with E-state index in [1.165, 1.54) is 121 Å². The van der Waals surface area contributed by atoms with Gasteiger partial charge in [0.2, 0.25) is 0 Å². The van der Waals surface area contributed by atoms with Gasteiger partial charge < -0.3 is 4.57 Å². The van der Waals surface area contributed by atoms with Gasteiger partial charge in [-0.25, -0.2) is 0 Å². The molecule has 0 saturated heterocycles. The maximum atomic E-state index is 2.41. The average molecular weight is 830 g/mol. The summed E-state index contributed by atoms with van der Waals surface area (Å²) in [5.41, 5.74) is 20.1. The topological polar surface area (TPSA) is 4.93 Å². The Kier molecular flexibility index (Phi) is 9.50. The van der Waals surface area contributed by atoms with Crippen LogP contribution in [0.15, 0.2) is 231 Å². The highest BCUT2D eigenvalue weighted by Gasteiger charge is 2.19. The molecule has 0 spiro atoms. The molecule has 1 aromatic heterocycles. The Balaban J connectivity index is 0.839. The Morgan fingerprint density at radius 3 is 1.38 bits per heavy atom. The third kappa shape index (κ3) is 6.89. The van der Waals surface area contributed by atoms with Gasteiger partial charge in [0.25, 0.3) is 0 Å². The fourth-order valence-electron chi connectivity index (χ4n) is 10.6. The van der Waals surface area contributed by atoms with Gasteiger partial charge in [0.15, 0.2) is 0 Å². The molecule has 0 N–H and O–H groups in total. The summed E-state index contributed by atoms with van der Waals surface area (Å²) in [4.78, 5) is 0. The van der Waals surface area contributed by atoms with Crippen LogP contribution in [0.5, 0.6) is 0 Å². The van der Waals surface area contributed by atoms with Crippen LogP contribution in [0, 0.1) is 13.8 Å². The molecule has 1 nitrogen and oxygen atoms in total. The first kappa shape index (κ1) is 38.7. The Hall–Kier alpha value is -8.00. The van der Waals surface area contributed by atoms with Crippen molar-refractivity contribution in [2.24, 2.45) is 0 Å². The van der Waals surface area contributed by atoms with Crippen molar-refractivity contribution in [1.82, 2.24) is 4.57 Å². The Labute approximate surface area is 380 Å². The predicted octanol–water partition coefficient (Wildman–Crippen LogP) is 17.5. The normalized spacial score (nSPS) is 13.8. The number of allylic oxidation sites excluding steroid dienone is 4. The molecular formula is C64H47N. The Morgan fingerprint density at radius 2 is 0.831 bits per heavy atom. The van der Waals surface area contributed by atoms with Crippen molar-refractivity contribution in [3.8, 4) is 50.2 Å². The summed E-state index contributed by atoms with van der Waals surface area (Å²) in [6.45, 7) is 4.36. The zero-order valence-electron chi connectivity index (χ0n) is 36.7. The van der Waals surface area contributed by atoms with Crippen LogP contribution < -0.4 is 0 Å². The Bertz CT molecular complexity index is 3580. The van der Waals surface area contributed by atoms with Crippen molar-refractivity contribution in [1.29, 1.82) is 0 Å². The lowest BCUT2D eigenvalue weighted by Gasteiger charge is -2.20. The number of rotatable bonds is 7. The standard InChI is InChI=1S/C64H47N/c1-42-38-43(2)40-53(39-42)49-26-22-45(23-27-49)47-30-34-51(35-31-47)64-58-17-8-6-15-56(58)63(57-16-7-9-18-59(57)64)50-32-28-46(29-33-50)44-20-24-48(25-21-44)52-36-37-62-60(41-52)55-14-10-11-19-61(55)65(62)54-12-4-3-5-13-54/h3-22,24-41,45H,23H2,1-2H3. The highest BCUT2D eigenvalue weighted by Crippen LogP contribution is 2.45. The highest BCUT2D eigenvalue weighted by molar-refractivity contribution is 6.21. The van der Waals surface area contributed by atoms with Crippen molar-refractivity contribution in [2.75, 3.05) is 0 Å². The van der Waals surface area contributed by atoms with Crippen molar-refractivity contribution in [2.45, 2.75) is 26.2 Å². The number of benzene rings is 10. The highest BCUT2D eigenvalue weighted by atomic mass is 15.0. The van der Waals surface area contributed by atoms with Crippen molar-refractivity contribution < 1.29 is 0 Å². The number of para-hydroxylation sites is 2. The van der Waals surface area contributed by atoms with Crippen LogP contribution in [0.4, 0.5) is 0 Å². The van der Waals surface area contributed by atoms with Crippen LogP contribution in [0.1, 0.15) is 34.6 Å². The van der Waals surface area contributed by atoms with Crippen LogP contribution in [0.3, 0.4) is 0 Å². The molecule has 0 fully saturated rings. The van der Waals surface area contributed by atoms with Crippen molar-refractivity contribution in [3.05, 3.63) is 253 Å². The third-order valence-corrected chi connectivity index (χ3v) is 13.6. The van der Waals surface area contributed by atoms with Crippen molar-refractivity contribution in [3.63, 3.8) is 0 Å². The molecule has 1 unspecified atom stereocenters. The zero-order chi connectivity index (χ0) is 43.4. The molecule has 0 saturated carbocycles. The van der Waals surface area contributed by atoms with Gasteiger partial charge in [-0.2, -0.15) is 0 Å². The van der Waals surface area contributed by atoms with Gasteiger partial charge in [0.05, 0.1) is 11.0 Å². The minimum absolute atomic E-state index is 0.367. The molecule has 308 valence electrons. The van der Waals surface area contributed by atoms with E-state index in [-0.39, 0.29) is 0 Å². The number of nitrogens with zero attached hydrogens (tertiary/aromatic N) is 1. The monoisotopic (exact) mass is 829 g/mol. The maximum absolute atomic E-state index is 2.41. The van der Waals surface area contributed by atoms with Gasteiger partial charge in [-0.15, -0.1) is 0 Å². The van der Waals surface area contributed by atoms with Crippen LogP contribution in [0.25, 0.3) is 99.1 Å². The summed E-state index contributed by atoms with van der Waals surface area (Å²) < 4.78 is 2.37. The third-order valence-electron chi connectivity index (χ3n) is 13.6. The molecule has 65 heavy (non-hydrogen) atoms. The van der Waals surface area contributed by atoms with Gasteiger partial charge in [-0.3, -0.25) is 0 Å². The minimum atomic E-state index is 0.367. The molecule has 12 rings (SSSR count). The first-order chi connectivity index (χ1) is 32.0. The first-order valence-corrected chi connectivity index (χ1v) is 22.8. The van der Waals surface area contributed by atoms with E-state index in [1.54, 1.807) is 0 Å². The molecule has 0 radical (unpaired) electrons. The Morgan fingerprint density at radius 1 is 0.369 bits per heavy atom. The number of hydrogen-bond donors (Lipinski definition) is 0. The van der Waals surface area contributed by atoms with E-state index in [4.69, 9.17) is 0 Å². The van der Waals surface area contributed by atoms with E-state index >= 15 is 0 Å². The quantitative estimate of drug-likeness (QED) is 0.141. The largest absolute Gasteiger partial charge is 0.309 e. The van der Waals surface area contributed by atoms with Gasteiger partial charge in [0, 0.05) is 22.4 Å². The van der Waals surface area contributed by atoms with E-state index in [2.05, 4.69) is 249 Å². The van der Waals surface area contributed by atoms with E-state index < -0.39 is 0 Å². The second kappa shape index (κ2) is 16.0.